The Balaban J connectivity index is 1.43. The molecule has 0 radical (unpaired) electrons. The summed E-state index contributed by atoms with van der Waals surface area (Å²) < 4.78 is 0. The lowest BCUT2D eigenvalue weighted by Crippen LogP contribution is -2.52. The van der Waals surface area contributed by atoms with Crippen molar-refractivity contribution >= 4 is 6.03 Å². The molecule has 0 unspecified atom stereocenters. The quantitative estimate of drug-likeness (QED) is 0.884. The van der Waals surface area contributed by atoms with Crippen LogP contribution in [-0.2, 0) is 6.54 Å². The fraction of sp³-hybridized carbons (Fsp3) is 0.571. The third kappa shape index (κ3) is 3.23. The van der Waals surface area contributed by atoms with Gasteiger partial charge in [0.25, 0.3) is 0 Å². The van der Waals surface area contributed by atoms with Gasteiger partial charge in [0, 0.05) is 51.2 Å². The van der Waals surface area contributed by atoms with Crippen LogP contribution in [0.3, 0.4) is 0 Å². The summed E-state index contributed by atoms with van der Waals surface area (Å²) in [4.78, 5) is 20.4. The smallest absolute Gasteiger partial charge is 0.317 e. The van der Waals surface area contributed by atoms with Crippen molar-refractivity contribution in [2.24, 2.45) is 0 Å². The molecule has 0 atom stereocenters. The van der Waals surface area contributed by atoms with Gasteiger partial charge in [0.2, 0.25) is 0 Å². The van der Waals surface area contributed by atoms with E-state index >= 15 is 0 Å². The van der Waals surface area contributed by atoms with Gasteiger partial charge in [-0.1, -0.05) is 0 Å². The van der Waals surface area contributed by atoms with Crippen molar-refractivity contribution in [2.75, 3.05) is 26.2 Å². The summed E-state index contributed by atoms with van der Waals surface area (Å²) >= 11 is 0. The van der Waals surface area contributed by atoms with E-state index in [1.54, 1.807) is 12.4 Å². The Morgan fingerprint density at radius 1 is 1.21 bits per heavy atom. The fourth-order valence-corrected chi connectivity index (χ4v) is 2.52. The first kappa shape index (κ1) is 12.4. The number of nitrogens with one attached hydrogen (secondary N) is 1. The van der Waals surface area contributed by atoms with E-state index in [4.69, 9.17) is 0 Å². The molecule has 0 spiro atoms. The lowest BCUT2D eigenvalue weighted by atomic mass is 10.3. The van der Waals surface area contributed by atoms with Crippen LogP contribution < -0.4 is 5.32 Å². The predicted octanol–water partition coefficient (Wildman–Crippen LogP) is 1.07. The van der Waals surface area contributed by atoms with Gasteiger partial charge < -0.3 is 10.2 Å². The molecule has 19 heavy (non-hydrogen) atoms. The van der Waals surface area contributed by atoms with Crippen molar-refractivity contribution in [1.82, 2.24) is 20.1 Å². The number of urea groups is 1. The summed E-state index contributed by atoms with van der Waals surface area (Å²) in [5.41, 5.74) is 1.08. The molecule has 2 heterocycles. The van der Waals surface area contributed by atoms with Gasteiger partial charge in [-0.3, -0.25) is 9.88 Å². The first-order chi connectivity index (χ1) is 9.33. The minimum absolute atomic E-state index is 0.0484. The maximum Gasteiger partial charge on any atom is 0.317 e. The molecule has 2 fully saturated rings. The molecule has 1 saturated carbocycles. The number of carbonyl (C=O) groups is 1. The molecule has 1 N–H and O–H groups in total. The molecule has 0 aromatic carbocycles. The number of carbonyl (C=O) groups excluding carboxylic acids is 1. The number of hydrogen-bond acceptors (Lipinski definition) is 3. The Morgan fingerprint density at radius 2 is 1.89 bits per heavy atom. The van der Waals surface area contributed by atoms with Crippen molar-refractivity contribution in [3.63, 3.8) is 0 Å². The van der Waals surface area contributed by atoms with Gasteiger partial charge in [-0.25, -0.2) is 4.79 Å². The lowest BCUT2D eigenvalue weighted by Gasteiger charge is -2.34. The molecule has 3 rings (SSSR count). The van der Waals surface area contributed by atoms with Gasteiger partial charge in [0.15, 0.2) is 0 Å². The third-order valence-corrected chi connectivity index (χ3v) is 3.86. The number of nitrogens with zero attached hydrogens (tertiary/aromatic N) is 3. The van der Waals surface area contributed by atoms with Gasteiger partial charge >= 0.3 is 6.03 Å². The minimum Gasteiger partial charge on any atom is -0.334 e. The van der Waals surface area contributed by atoms with Crippen LogP contribution in [0.2, 0.25) is 0 Å². The minimum atomic E-state index is 0.0484. The van der Waals surface area contributed by atoms with Crippen LogP contribution in [0, 0.1) is 0 Å². The molecule has 102 valence electrons. The van der Waals surface area contributed by atoms with Gasteiger partial charge in [-0.15, -0.1) is 0 Å². The van der Waals surface area contributed by atoms with Crippen LogP contribution in [-0.4, -0.2) is 53.0 Å². The topological polar surface area (TPSA) is 48.5 Å². The highest BCUT2D eigenvalue weighted by molar-refractivity contribution is 5.74. The highest BCUT2D eigenvalue weighted by Gasteiger charge is 2.32. The lowest BCUT2D eigenvalue weighted by molar-refractivity contribution is 0.134. The Hall–Kier alpha value is -1.62. The van der Waals surface area contributed by atoms with Crippen LogP contribution in [0.4, 0.5) is 4.79 Å². The average Bonchev–Trinajstić information content (AvgIpc) is 3.31. The normalized spacial score (nSPS) is 20.3. The maximum atomic E-state index is 12.0. The molecule has 1 aromatic rings. The van der Waals surface area contributed by atoms with E-state index in [0.717, 1.165) is 37.8 Å². The largest absolute Gasteiger partial charge is 0.334 e. The number of aromatic nitrogens is 1. The first-order valence-corrected chi connectivity index (χ1v) is 6.98. The van der Waals surface area contributed by atoms with E-state index in [1.807, 2.05) is 17.0 Å². The molecule has 1 aliphatic carbocycles. The Morgan fingerprint density at radius 3 is 2.53 bits per heavy atom. The van der Waals surface area contributed by atoms with E-state index < -0.39 is 0 Å². The summed E-state index contributed by atoms with van der Waals surface area (Å²) in [7, 11) is 0. The molecule has 5 nitrogen and oxygen atoms in total. The van der Waals surface area contributed by atoms with E-state index in [-0.39, 0.29) is 6.03 Å². The maximum absolute atomic E-state index is 12.0. The zero-order valence-corrected chi connectivity index (χ0v) is 11.1. The molecule has 2 aliphatic rings. The number of hydrogen-bond donors (Lipinski definition) is 1. The molecule has 1 aliphatic heterocycles. The van der Waals surface area contributed by atoms with Crippen molar-refractivity contribution in [3.05, 3.63) is 30.1 Å². The molecule has 1 saturated heterocycles. The van der Waals surface area contributed by atoms with E-state index in [0.29, 0.717) is 6.54 Å². The highest BCUT2D eigenvalue weighted by Crippen LogP contribution is 2.27. The van der Waals surface area contributed by atoms with Crippen molar-refractivity contribution in [2.45, 2.75) is 25.4 Å². The Kier molecular flexibility index (Phi) is 3.64. The second-order valence-electron chi connectivity index (χ2n) is 5.27. The first-order valence-electron chi connectivity index (χ1n) is 6.98. The molecule has 1 aromatic heterocycles. The zero-order chi connectivity index (χ0) is 13.1. The van der Waals surface area contributed by atoms with Gasteiger partial charge in [0.05, 0.1) is 0 Å². The number of pyridine rings is 1. The average molecular weight is 260 g/mol. The summed E-state index contributed by atoms with van der Waals surface area (Å²) in [6, 6.07) is 4.70. The van der Waals surface area contributed by atoms with Gasteiger partial charge in [0.1, 0.15) is 0 Å². The summed E-state index contributed by atoms with van der Waals surface area (Å²) in [5, 5.41) is 2.97. The number of rotatable bonds is 3. The van der Waals surface area contributed by atoms with E-state index in [9.17, 15) is 4.79 Å². The van der Waals surface area contributed by atoms with Crippen molar-refractivity contribution in [3.8, 4) is 0 Å². The van der Waals surface area contributed by atoms with Crippen LogP contribution >= 0.6 is 0 Å². The fourth-order valence-electron chi connectivity index (χ4n) is 2.52. The predicted molar refractivity (Wildman–Crippen MR) is 72.6 cm³/mol. The standard InChI is InChI=1S/C14H20N4O/c19-14(16-11-12-3-5-15-6-4-12)18-9-7-17(8-10-18)13-1-2-13/h3-6,13H,1-2,7-11H2,(H,16,19). The highest BCUT2D eigenvalue weighted by atomic mass is 16.2. The SMILES string of the molecule is O=C(NCc1ccncc1)N1CCN(C2CC2)CC1. The molecule has 5 heteroatoms. The van der Waals surface area contributed by atoms with E-state index in [1.165, 1.54) is 12.8 Å². The second-order valence-corrected chi connectivity index (χ2v) is 5.27. The molecular weight excluding hydrogens is 240 g/mol. The monoisotopic (exact) mass is 260 g/mol. The van der Waals surface area contributed by atoms with Gasteiger partial charge in [-0.2, -0.15) is 0 Å². The Labute approximate surface area is 113 Å². The van der Waals surface area contributed by atoms with Crippen LogP contribution in [0.1, 0.15) is 18.4 Å². The summed E-state index contributed by atoms with van der Waals surface area (Å²) in [6.45, 7) is 4.31. The zero-order valence-electron chi connectivity index (χ0n) is 11.1. The summed E-state index contributed by atoms with van der Waals surface area (Å²) in [6.07, 6.45) is 6.17. The Bertz CT molecular complexity index is 424. The molecule has 0 bridgehead atoms. The van der Waals surface area contributed by atoms with Crippen LogP contribution in [0.5, 0.6) is 0 Å². The van der Waals surface area contributed by atoms with Gasteiger partial charge in [-0.05, 0) is 30.5 Å². The van der Waals surface area contributed by atoms with Crippen molar-refractivity contribution < 1.29 is 4.79 Å². The molecule has 2 amide bonds. The van der Waals surface area contributed by atoms with E-state index in [2.05, 4.69) is 15.2 Å². The van der Waals surface area contributed by atoms with Crippen molar-refractivity contribution in [1.29, 1.82) is 0 Å². The third-order valence-electron chi connectivity index (χ3n) is 3.86. The molecular formula is C14H20N4O. The van der Waals surface area contributed by atoms with Crippen LogP contribution in [0.25, 0.3) is 0 Å². The number of amides is 2. The van der Waals surface area contributed by atoms with Crippen LogP contribution in [0.15, 0.2) is 24.5 Å². The second kappa shape index (κ2) is 5.57. The number of piperazine rings is 1. The summed E-state index contributed by atoms with van der Waals surface area (Å²) in [5.74, 6) is 0.